The molecule has 0 fully saturated rings. The molecule has 0 saturated heterocycles. The first-order valence-corrected chi connectivity index (χ1v) is 5.56. The number of rotatable bonds is 4. The first kappa shape index (κ1) is 12.4. The average Bonchev–Trinajstić information content (AvgIpc) is 2.41. The number of halogens is 1. The van der Waals surface area contributed by atoms with Gasteiger partial charge in [-0.15, -0.1) is 0 Å². The van der Waals surface area contributed by atoms with Gasteiger partial charge in [-0.3, -0.25) is 0 Å². The van der Waals surface area contributed by atoms with E-state index in [1.165, 1.54) is 6.07 Å². The molecule has 0 aromatic heterocycles. The molecule has 0 heterocycles. The van der Waals surface area contributed by atoms with Gasteiger partial charge in [0.25, 0.3) is 0 Å². The fourth-order valence-electron chi connectivity index (χ4n) is 1.56. The number of benzene rings is 2. The normalized spacial score (nSPS) is 10.3. The predicted molar refractivity (Wildman–Crippen MR) is 67.5 cm³/mol. The van der Waals surface area contributed by atoms with Crippen molar-refractivity contribution in [2.75, 3.05) is 5.73 Å². The Morgan fingerprint density at radius 2 is 1.83 bits per heavy atom. The smallest absolute Gasteiger partial charge is 0.152 e. The maximum absolute atomic E-state index is 13.6. The lowest BCUT2D eigenvalue weighted by molar-refractivity contribution is 0.280. The molecule has 0 aliphatic heterocycles. The van der Waals surface area contributed by atoms with Gasteiger partial charge < -0.3 is 15.6 Å². The zero-order valence-corrected chi connectivity index (χ0v) is 9.77. The number of nitrogen functional groups attached to an aromatic ring is 1. The Morgan fingerprint density at radius 1 is 1.11 bits per heavy atom. The van der Waals surface area contributed by atoms with E-state index in [4.69, 9.17) is 15.6 Å². The predicted octanol–water partition coefficient (Wildman–Crippen LogP) is 2.48. The van der Waals surface area contributed by atoms with Crippen LogP contribution in [0.4, 0.5) is 10.1 Å². The van der Waals surface area contributed by atoms with Crippen LogP contribution in [0, 0.1) is 5.82 Å². The molecule has 0 radical (unpaired) electrons. The van der Waals surface area contributed by atoms with Crippen molar-refractivity contribution in [3.63, 3.8) is 0 Å². The molecule has 0 saturated carbocycles. The summed E-state index contributed by atoms with van der Waals surface area (Å²) in [4.78, 5) is 0. The van der Waals surface area contributed by atoms with Gasteiger partial charge in [0.15, 0.2) is 5.82 Å². The highest BCUT2D eigenvalue weighted by Gasteiger charge is 2.05. The van der Waals surface area contributed by atoms with Gasteiger partial charge in [-0.05, 0) is 23.8 Å². The van der Waals surface area contributed by atoms with Crippen molar-refractivity contribution in [2.24, 2.45) is 0 Å². The topological polar surface area (TPSA) is 55.5 Å². The van der Waals surface area contributed by atoms with E-state index in [1.54, 1.807) is 36.4 Å². The van der Waals surface area contributed by atoms with Gasteiger partial charge in [-0.25, -0.2) is 4.39 Å². The highest BCUT2D eigenvalue weighted by Crippen LogP contribution is 2.18. The summed E-state index contributed by atoms with van der Waals surface area (Å²) in [6.45, 7) is 0.111. The molecule has 2 rings (SSSR count). The fourth-order valence-corrected chi connectivity index (χ4v) is 1.56. The van der Waals surface area contributed by atoms with E-state index in [9.17, 15) is 4.39 Å². The number of aliphatic hydroxyl groups is 1. The minimum atomic E-state index is -0.440. The van der Waals surface area contributed by atoms with Crippen molar-refractivity contribution in [1.82, 2.24) is 0 Å². The van der Waals surface area contributed by atoms with E-state index in [0.29, 0.717) is 11.3 Å². The van der Waals surface area contributed by atoms with Gasteiger partial charge in [0.1, 0.15) is 12.4 Å². The second kappa shape index (κ2) is 5.51. The van der Waals surface area contributed by atoms with Crippen LogP contribution in [0.15, 0.2) is 42.5 Å². The first-order chi connectivity index (χ1) is 8.70. The highest BCUT2D eigenvalue weighted by atomic mass is 19.1. The Bertz CT molecular complexity index is 526. The van der Waals surface area contributed by atoms with Crippen molar-refractivity contribution in [2.45, 2.75) is 13.2 Å². The number of hydrogen-bond donors (Lipinski definition) is 2. The van der Waals surface area contributed by atoms with Crippen LogP contribution in [0.1, 0.15) is 11.1 Å². The standard InChI is InChI=1S/C14H14FNO2/c15-14-11(2-1-3-13(14)16)9-18-12-6-4-10(8-17)5-7-12/h1-7,17H,8-9,16H2. The van der Waals surface area contributed by atoms with Gasteiger partial charge in [0.2, 0.25) is 0 Å². The summed E-state index contributed by atoms with van der Waals surface area (Å²) in [5.74, 6) is 0.179. The number of nitrogens with two attached hydrogens (primary N) is 1. The second-order valence-corrected chi connectivity index (χ2v) is 3.91. The molecule has 3 nitrogen and oxygen atoms in total. The van der Waals surface area contributed by atoms with Crippen molar-refractivity contribution in [1.29, 1.82) is 0 Å². The van der Waals surface area contributed by atoms with Gasteiger partial charge in [0, 0.05) is 5.56 Å². The summed E-state index contributed by atoms with van der Waals surface area (Å²) in [5.41, 5.74) is 6.81. The van der Waals surface area contributed by atoms with E-state index in [-0.39, 0.29) is 18.9 Å². The van der Waals surface area contributed by atoms with Gasteiger partial charge in [-0.1, -0.05) is 24.3 Å². The van der Waals surface area contributed by atoms with Gasteiger partial charge in [0.05, 0.1) is 12.3 Å². The van der Waals surface area contributed by atoms with E-state index < -0.39 is 5.82 Å². The Hall–Kier alpha value is -2.07. The number of ether oxygens (including phenoxy) is 1. The molecule has 0 aliphatic rings. The lowest BCUT2D eigenvalue weighted by atomic mass is 10.2. The zero-order valence-electron chi connectivity index (χ0n) is 9.77. The van der Waals surface area contributed by atoms with Crippen LogP contribution >= 0.6 is 0 Å². The van der Waals surface area contributed by atoms with Crippen molar-refractivity contribution < 1.29 is 14.2 Å². The second-order valence-electron chi connectivity index (χ2n) is 3.91. The summed E-state index contributed by atoms with van der Waals surface area (Å²) < 4.78 is 19.0. The molecule has 94 valence electrons. The molecular weight excluding hydrogens is 233 g/mol. The molecule has 3 N–H and O–H groups in total. The van der Waals surface area contributed by atoms with Crippen LogP contribution in [-0.4, -0.2) is 5.11 Å². The minimum Gasteiger partial charge on any atom is -0.489 e. The summed E-state index contributed by atoms with van der Waals surface area (Å²) in [7, 11) is 0. The largest absolute Gasteiger partial charge is 0.489 e. The summed E-state index contributed by atoms with van der Waals surface area (Å²) in [6.07, 6.45) is 0. The van der Waals surface area contributed by atoms with E-state index >= 15 is 0 Å². The average molecular weight is 247 g/mol. The van der Waals surface area contributed by atoms with E-state index in [2.05, 4.69) is 0 Å². The molecule has 0 unspecified atom stereocenters. The number of anilines is 1. The summed E-state index contributed by atoms with van der Waals surface area (Å²) >= 11 is 0. The molecule has 18 heavy (non-hydrogen) atoms. The number of hydrogen-bond acceptors (Lipinski definition) is 3. The Kier molecular flexibility index (Phi) is 3.79. The molecule has 2 aromatic carbocycles. The molecular formula is C14H14FNO2. The van der Waals surface area contributed by atoms with Crippen molar-refractivity contribution in [3.05, 3.63) is 59.4 Å². The molecule has 0 aliphatic carbocycles. The lowest BCUT2D eigenvalue weighted by Crippen LogP contribution is -2.01. The first-order valence-electron chi connectivity index (χ1n) is 5.56. The summed E-state index contributed by atoms with van der Waals surface area (Å²) in [5, 5.41) is 8.90. The molecule has 0 amide bonds. The summed E-state index contributed by atoms with van der Waals surface area (Å²) in [6, 6.07) is 11.8. The van der Waals surface area contributed by atoms with Crippen molar-refractivity contribution >= 4 is 5.69 Å². The Labute approximate surface area is 105 Å². The zero-order chi connectivity index (χ0) is 13.0. The molecule has 4 heteroatoms. The van der Waals surface area contributed by atoms with E-state index in [0.717, 1.165) is 5.56 Å². The Balaban J connectivity index is 2.04. The molecule has 0 atom stereocenters. The van der Waals surface area contributed by atoms with Crippen LogP contribution in [0.25, 0.3) is 0 Å². The molecule has 0 spiro atoms. The molecule has 2 aromatic rings. The third kappa shape index (κ3) is 2.78. The maximum Gasteiger partial charge on any atom is 0.152 e. The van der Waals surface area contributed by atoms with E-state index in [1.807, 2.05) is 0 Å². The van der Waals surface area contributed by atoms with Crippen LogP contribution < -0.4 is 10.5 Å². The number of aliphatic hydroxyl groups excluding tert-OH is 1. The van der Waals surface area contributed by atoms with Gasteiger partial charge in [-0.2, -0.15) is 0 Å². The van der Waals surface area contributed by atoms with Crippen LogP contribution in [-0.2, 0) is 13.2 Å². The molecule has 0 bridgehead atoms. The van der Waals surface area contributed by atoms with Crippen LogP contribution in [0.3, 0.4) is 0 Å². The lowest BCUT2D eigenvalue weighted by Gasteiger charge is -2.08. The monoisotopic (exact) mass is 247 g/mol. The minimum absolute atomic E-state index is 0.00979. The fraction of sp³-hybridized carbons (Fsp3) is 0.143. The van der Waals surface area contributed by atoms with Crippen molar-refractivity contribution in [3.8, 4) is 5.75 Å². The third-order valence-electron chi connectivity index (χ3n) is 2.61. The SMILES string of the molecule is Nc1cccc(COc2ccc(CO)cc2)c1F. The third-order valence-corrected chi connectivity index (χ3v) is 2.61. The van der Waals surface area contributed by atoms with Gasteiger partial charge >= 0.3 is 0 Å². The quantitative estimate of drug-likeness (QED) is 0.816. The van der Waals surface area contributed by atoms with Crippen LogP contribution in [0.2, 0.25) is 0 Å². The Morgan fingerprint density at radius 3 is 2.50 bits per heavy atom. The highest BCUT2D eigenvalue weighted by molar-refractivity contribution is 5.42. The van der Waals surface area contributed by atoms with Crippen LogP contribution in [0.5, 0.6) is 5.75 Å². The maximum atomic E-state index is 13.6.